The number of rotatable bonds is 2. The van der Waals surface area contributed by atoms with E-state index in [1.165, 1.54) is 12.1 Å². The minimum atomic E-state index is -3.44. The molecule has 0 spiro atoms. The molecule has 20 heavy (non-hydrogen) atoms. The fourth-order valence-corrected chi connectivity index (χ4v) is 2.93. The van der Waals surface area contributed by atoms with Gasteiger partial charge in [-0.2, -0.15) is 0 Å². The van der Waals surface area contributed by atoms with Crippen LogP contribution in [0.25, 0.3) is 6.08 Å². The van der Waals surface area contributed by atoms with E-state index in [2.05, 4.69) is 10.1 Å². The zero-order chi connectivity index (χ0) is 15.0. The number of fused-ring (bicyclic) bond motifs is 1. The van der Waals surface area contributed by atoms with Crippen molar-refractivity contribution in [1.82, 2.24) is 0 Å². The van der Waals surface area contributed by atoms with Crippen LogP contribution in [0.15, 0.2) is 28.5 Å². The maximum absolute atomic E-state index is 11.7. The van der Waals surface area contributed by atoms with Crippen LogP contribution in [0.4, 0.5) is 10.5 Å². The summed E-state index contributed by atoms with van der Waals surface area (Å²) in [7, 11) is -3.44. The van der Waals surface area contributed by atoms with Crippen molar-refractivity contribution in [2.45, 2.75) is 8.69 Å². The highest BCUT2D eigenvalue weighted by Crippen LogP contribution is 2.29. The van der Waals surface area contributed by atoms with Crippen molar-refractivity contribution in [2.75, 3.05) is 11.9 Å². The zero-order valence-corrected chi connectivity index (χ0v) is 12.9. The number of benzene rings is 1. The predicted octanol–water partition coefficient (Wildman–Crippen LogP) is 3.36. The molecule has 0 saturated heterocycles. The largest absolute Gasteiger partial charge is 0.445 e. The van der Waals surface area contributed by atoms with Gasteiger partial charge in [0.15, 0.2) is 0 Å². The van der Waals surface area contributed by atoms with Crippen molar-refractivity contribution in [3.63, 3.8) is 0 Å². The Hall–Kier alpha value is -0.950. The number of alkyl halides is 3. The number of sulfone groups is 1. The van der Waals surface area contributed by atoms with Gasteiger partial charge in [-0.3, -0.25) is 5.32 Å². The maximum Gasteiger partial charge on any atom is 0.411 e. The lowest BCUT2D eigenvalue weighted by molar-refractivity contribution is 0.164. The highest BCUT2D eigenvalue weighted by Gasteiger charge is 2.23. The van der Waals surface area contributed by atoms with E-state index in [4.69, 9.17) is 34.8 Å². The molecule has 0 aliphatic carbocycles. The second-order valence-electron chi connectivity index (χ2n) is 3.92. The van der Waals surface area contributed by atoms with Crippen molar-refractivity contribution in [2.24, 2.45) is 0 Å². The molecule has 5 nitrogen and oxygen atoms in total. The lowest BCUT2D eigenvalue weighted by Crippen LogP contribution is -2.21. The van der Waals surface area contributed by atoms with Gasteiger partial charge in [0.05, 0.1) is 4.90 Å². The molecule has 1 aliphatic heterocycles. The van der Waals surface area contributed by atoms with Crippen LogP contribution in [-0.4, -0.2) is 24.9 Å². The Bertz CT molecular complexity index is 679. The molecule has 2 rings (SSSR count). The number of hydrogen-bond donors (Lipinski definition) is 1. The van der Waals surface area contributed by atoms with E-state index in [1.807, 2.05) is 0 Å². The van der Waals surface area contributed by atoms with E-state index in [1.54, 1.807) is 12.1 Å². The van der Waals surface area contributed by atoms with Crippen molar-refractivity contribution in [3.05, 3.63) is 29.2 Å². The number of anilines is 1. The molecule has 1 aromatic rings. The summed E-state index contributed by atoms with van der Waals surface area (Å²) in [5.41, 5.74) is 0.829. The molecule has 0 saturated carbocycles. The third kappa shape index (κ3) is 3.79. The van der Waals surface area contributed by atoms with Crippen LogP contribution in [0.1, 0.15) is 5.56 Å². The topological polar surface area (TPSA) is 72.5 Å². The average Bonchev–Trinajstić information content (AvgIpc) is 2.62. The van der Waals surface area contributed by atoms with Gasteiger partial charge in [-0.05, 0) is 23.8 Å². The molecule has 0 unspecified atom stereocenters. The van der Waals surface area contributed by atoms with Crippen LogP contribution in [0.3, 0.4) is 0 Å². The Morgan fingerprint density at radius 3 is 2.65 bits per heavy atom. The number of ether oxygens (including phenoxy) is 1. The fraction of sp³-hybridized carbons (Fsp3) is 0.182. The van der Waals surface area contributed by atoms with Gasteiger partial charge >= 0.3 is 6.09 Å². The van der Waals surface area contributed by atoms with Gasteiger partial charge in [0.25, 0.3) is 0 Å². The van der Waals surface area contributed by atoms with Crippen LogP contribution in [0.5, 0.6) is 0 Å². The summed E-state index contributed by atoms with van der Waals surface area (Å²) in [4.78, 5) is 11.6. The number of carbonyl (C=O) groups excluding carboxylic acids is 1. The Balaban J connectivity index is 2.08. The van der Waals surface area contributed by atoms with Gasteiger partial charge in [0.2, 0.25) is 13.6 Å². The molecule has 1 N–H and O–H groups in total. The van der Waals surface area contributed by atoms with Crippen LogP contribution in [0.2, 0.25) is 0 Å². The SMILES string of the molecule is O=C(Nc1ccc2c(c1)S(=O)(=O)C=C2)OCC(Cl)(Cl)Cl. The first-order valence-corrected chi connectivity index (χ1v) is 7.93. The lowest BCUT2D eigenvalue weighted by Gasteiger charge is -2.12. The summed E-state index contributed by atoms with van der Waals surface area (Å²) < 4.78 is 26.3. The van der Waals surface area contributed by atoms with Gasteiger partial charge in [-0.25, -0.2) is 13.2 Å². The monoisotopic (exact) mass is 355 g/mol. The molecule has 1 aliphatic rings. The Labute approximate surface area is 130 Å². The van der Waals surface area contributed by atoms with E-state index in [0.717, 1.165) is 5.41 Å². The molecule has 0 aromatic heterocycles. The number of halogens is 3. The fourth-order valence-electron chi connectivity index (χ4n) is 1.53. The Kier molecular flexibility index (Phi) is 4.20. The Morgan fingerprint density at radius 2 is 2.00 bits per heavy atom. The quantitative estimate of drug-likeness (QED) is 0.825. The lowest BCUT2D eigenvalue weighted by atomic mass is 10.2. The zero-order valence-electron chi connectivity index (χ0n) is 9.77. The summed E-state index contributed by atoms with van der Waals surface area (Å²) in [5.74, 6) is 0. The summed E-state index contributed by atoms with van der Waals surface area (Å²) >= 11 is 16.3. The molecule has 1 heterocycles. The van der Waals surface area contributed by atoms with Gasteiger partial charge in [-0.1, -0.05) is 40.9 Å². The van der Waals surface area contributed by atoms with Gasteiger partial charge in [0, 0.05) is 11.1 Å². The maximum atomic E-state index is 11.7. The van der Waals surface area contributed by atoms with Crippen molar-refractivity contribution in [1.29, 1.82) is 0 Å². The molecular weight excluding hydrogens is 349 g/mol. The molecule has 1 aromatic carbocycles. The van der Waals surface area contributed by atoms with Crippen molar-refractivity contribution >= 4 is 62.5 Å². The standard InChI is InChI=1S/C11H8Cl3NO4S/c12-11(13,14)6-19-10(16)15-8-2-1-7-3-4-20(17,18)9(7)5-8/h1-5H,6H2,(H,15,16). The highest BCUT2D eigenvalue weighted by atomic mass is 35.6. The second-order valence-corrected chi connectivity index (χ2v) is 8.23. The van der Waals surface area contributed by atoms with Gasteiger partial charge in [0.1, 0.15) is 6.61 Å². The third-order valence-corrected chi connectivity index (χ3v) is 4.15. The number of amides is 1. The van der Waals surface area contributed by atoms with Crippen LogP contribution in [0, 0.1) is 0 Å². The first kappa shape index (κ1) is 15.4. The molecule has 0 atom stereocenters. The normalized spacial score (nSPS) is 15.8. The molecule has 1 amide bonds. The summed E-state index contributed by atoms with van der Waals surface area (Å²) in [6.07, 6.45) is 0.634. The molecule has 9 heteroatoms. The van der Waals surface area contributed by atoms with E-state index >= 15 is 0 Å². The number of nitrogens with one attached hydrogen (secondary N) is 1. The first-order valence-electron chi connectivity index (χ1n) is 5.25. The average molecular weight is 357 g/mol. The summed E-state index contributed by atoms with van der Waals surface area (Å²) in [6, 6.07) is 4.45. The van der Waals surface area contributed by atoms with E-state index in [-0.39, 0.29) is 10.6 Å². The third-order valence-electron chi connectivity index (χ3n) is 2.36. The molecule has 0 bridgehead atoms. The smallest absolute Gasteiger partial charge is 0.411 e. The van der Waals surface area contributed by atoms with E-state index in [9.17, 15) is 13.2 Å². The molecule has 108 valence electrons. The van der Waals surface area contributed by atoms with Crippen LogP contribution in [-0.2, 0) is 14.6 Å². The predicted molar refractivity (Wildman–Crippen MR) is 77.9 cm³/mol. The summed E-state index contributed by atoms with van der Waals surface area (Å²) in [5, 5.41) is 3.45. The molecule has 0 radical (unpaired) electrons. The second kappa shape index (κ2) is 5.44. The van der Waals surface area contributed by atoms with E-state index in [0.29, 0.717) is 5.56 Å². The van der Waals surface area contributed by atoms with Crippen molar-refractivity contribution in [3.8, 4) is 0 Å². The van der Waals surface area contributed by atoms with Gasteiger partial charge in [-0.15, -0.1) is 0 Å². The minimum Gasteiger partial charge on any atom is -0.445 e. The molecular formula is C11H8Cl3NO4S. The minimum absolute atomic E-state index is 0.122. The van der Waals surface area contributed by atoms with Crippen LogP contribution >= 0.6 is 34.8 Å². The molecule has 0 fully saturated rings. The van der Waals surface area contributed by atoms with Gasteiger partial charge < -0.3 is 4.74 Å². The van der Waals surface area contributed by atoms with Crippen LogP contribution < -0.4 is 5.32 Å². The Morgan fingerprint density at radius 1 is 1.30 bits per heavy atom. The van der Waals surface area contributed by atoms with Crippen molar-refractivity contribution < 1.29 is 17.9 Å². The first-order chi connectivity index (χ1) is 9.17. The van der Waals surface area contributed by atoms with E-state index < -0.39 is 26.3 Å². The number of carbonyl (C=O) groups is 1. The summed E-state index contributed by atoms with van der Waals surface area (Å²) in [6.45, 7) is -0.422. The number of hydrogen-bond acceptors (Lipinski definition) is 4. The highest BCUT2D eigenvalue weighted by molar-refractivity contribution is 7.94.